The molecular weight excluding hydrogens is 327 g/mol. The lowest BCUT2D eigenvalue weighted by Gasteiger charge is -2.24. The summed E-state index contributed by atoms with van der Waals surface area (Å²) in [6, 6.07) is -0.837. The van der Waals surface area contributed by atoms with E-state index in [2.05, 4.69) is 21.3 Å². The van der Waals surface area contributed by atoms with Crippen molar-refractivity contribution in [3.05, 3.63) is 0 Å². The second-order valence-corrected chi connectivity index (χ2v) is 7.06. The highest BCUT2D eigenvalue weighted by atomic mass is 32.5. The number of carbonyl (C=O) groups excluding carboxylic acids is 2. The third kappa shape index (κ3) is 3.90. The minimum absolute atomic E-state index is 0.531. The first-order valence-electron chi connectivity index (χ1n) is 5.78. The van der Waals surface area contributed by atoms with Crippen molar-refractivity contribution in [2.45, 2.75) is 24.4 Å². The van der Waals surface area contributed by atoms with Gasteiger partial charge in [-0.25, -0.2) is 9.79 Å². The van der Waals surface area contributed by atoms with Gasteiger partial charge in [-0.3, -0.25) is 10.1 Å². The highest BCUT2D eigenvalue weighted by Crippen LogP contribution is 2.34. The average molecular weight is 339 g/mol. The van der Waals surface area contributed by atoms with Crippen molar-refractivity contribution in [2.75, 3.05) is 6.61 Å². The zero-order chi connectivity index (χ0) is 15.8. The highest BCUT2D eigenvalue weighted by molar-refractivity contribution is 8.06. The van der Waals surface area contributed by atoms with Gasteiger partial charge in [0.05, 0.1) is 6.61 Å². The summed E-state index contributed by atoms with van der Waals surface area (Å²) in [4.78, 5) is 45.6. The van der Waals surface area contributed by atoms with E-state index in [1.54, 1.807) is 0 Å². The first-order valence-corrected chi connectivity index (χ1v) is 8.37. The lowest BCUT2D eigenvalue weighted by molar-refractivity contribution is -0.204. The van der Waals surface area contributed by atoms with Gasteiger partial charge in [0.25, 0.3) is 0 Å². The molecule has 2 aliphatic heterocycles. The van der Waals surface area contributed by atoms with Crippen LogP contribution in [0, 0.1) is 5.92 Å². The van der Waals surface area contributed by atoms with Crippen LogP contribution in [0.3, 0.4) is 0 Å². The van der Waals surface area contributed by atoms with Crippen LogP contribution in [-0.4, -0.2) is 64.3 Å². The smallest absolute Gasteiger partial charge is 0.347 e. The molecule has 0 aromatic rings. The maximum Gasteiger partial charge on any atom is 0.347 e. The molecule has 1 saturated heterocycles. The minimum Gasteiger partial charge on any atom is -0.780 e. The lowest BCUT2D eigenvalue weighted by atomic mass is 9.95. The standard InChI is InChI=1S/C9H13N2O8PS/c12-5-4(2-18-20(16,17)21)19-7(6(5)13)3-1-10-9(15)11-8(3)14/h1,3-7,12-13H,2H2,(H,11,14,15)(H2,16,17,21)/p-1/t3?,4-,5+,6?,7+/m1/s1. The number of ether oxygens (including phenoxy) is 1. The second kappa shape index (κ2) is 6.15. The molecule has 3 unspecified atom stereocenters. The molecule has 2 rings (SSSR count). The van der Waals surface area contributed by atoms with Crippen LogP contribution in [-0.2, 0) is 25.9 Å². The lowest BCUT2D eigenvalue weighted by Crippen LogP contribution is -2.48. The first kappa shape index (κ1) is 16.6. The second-order valence-electron chi connectivity index (χ2n) is 4.48. The van der Waals surface area contributed by atoms with Crippen molar-refractivity contribution in [1.29, 1.82) is 0 Å². The van der Waals surface area contributed by atoms with Gasteiger partial charge in [-0.15, -0.1) is 0 Å². The number of rotatable bonds is 4. The number of aliphatic hydroxyl groups excluding tert-OH is 2. The van der Waals surface area contributed by atoms with Crippen LogP contribution in [0.4, 0.5) is 4.79 Å². The van der Waals surface area contributed by atoms with Crippen molar-refractivity contribution >= 4 is 36.7 Å². The third-order valence-corrected chi connectivity index (χ3v) is 3.83. The molecule has 0 aromatic carbocycles. The van der Waals surface area contributed by atoms with Gasteiger partial charge in [-0.2, -0.15) is 0 Å². The predicted octanol–water partition coefficient (Wildman–Crippen LogP) is -2.99. The van der Waals surface area contributed by atoms with Gasteiger partial charge in [0, 0.05) is 6.21 Å². The molecule has 2 heterocycles. The summed E-state index contributed by atoms with van der Waals surface area (Å²) in [6.07, 6.45) is -4.22. The zero-order valence-corrected chi connectivity index (χ0v) is 12.1. The Kier molecular flexibility index (Phi) is 4.85. The minimum atomic E-state index is -4.18. The normalized spacial score (nSPS) is 39.1. The van der Waals surface area contributed by atoms with E-state index in [4.69, 9.17) is 9.63 Å². The molecule has 0 aliphatic carbocycles. The van der Waals surface area contributed by atoms with Crippen LogP contribution in [0.15, 0.2) is 4.99 Å². The van der Waals surface area contributed by atoms with Crippen LogP contribution >= 0.6 is 6.72 Å². The van der Waals surface area contributed by atoms with E-state index in [9.17, 15) is 24.7 Å². The molecule has 12 heteroatoms. The highest BCUT2D eigenvalue weighted by Gasteiger charge is 2.48. The Labute approximate surface area is 123 Å². The number of nitrogens with zero attached hydrogens (tertiary/aromatic N) is 1. The molecule has 0 radical (unpaired) electrons. The molecule has 0 spiro atoms. The third-order valence-electron chi connectivity index (χ3n) is 3.04. The molecular formula is C9H12N2O8PS-. The molecule has 10 nitrogen and oxygen atoms in total. The van der Waals surface area contributed by atoms with Crippen LogP contribution in [0.5, 0.6) is 0 Å². The summed E-state index contributed by atoms with van der Waals surface area (Å²) < 4.78 is 9.71. The van der Waals surface area contributed by atoms with E-state index >= 15 is 0 Å². The number of aliphatic hydroxyl groups is 2. The Morgan fingerprint density at radius 2 is 2.14 bits per heavy atom. The number of hydrogen-bond acceptors (Lipinski definition) is 8. The van der Waals surface area contributed by atoms with E-state index in [-0.39, 0.29) is 0 Å². The summed E-state index contributed by atoms with van der Waals surface area (Å²) in [5.74, 6) is -1.81. The quantitative estimate of drug-likeness (QED) is 0.391. The maximum atomic E-state index is 11.6. The monoisotopic (exact) mass is 339 g/mol. The Bertz CT molecular complexity index is 522. The molecule has 3 amide bonds. The molecule has 0 aromatic heterocycles. The van der Waals surface area contributed by atoms with E-state index in [1.807, 2.05) is 5.32 Å². The van der Waals surface area contributed by atoms with Crippen molar-refractivity contribution < 1.29 is 38.8 Å². The maximum absolute atomic E-state index is 11.6. The number of urea groups is 1. The molecule has 21 heavy (non-hydrogen) atoms. The van der Waals surface area contributed by atoms with Gasteiger partial charge >= 0.3 is 6.03 Å². The summed E-state index contributed by atoms with van der Waals surface area (Å²) in [6.45, 7) is -4.71. The first-order chi connectivity index (χ1) is 9.69. The Hall–Kier alpha value is -0.780. The SMILES string of the molecule is O=C1N=CC([C@@H]2O[C@H](COP([O-])(O)=S)[C@H](O)C2O)C(=O)N1. The Morgan fingerprint density at radius 3 is 2.71 bits per heavy atom. The van der Waals surface area contributed by atoms with E-state index < -0.39 is 55.6 Å². The number of imide groups is 1. The summed E-state index contributed by atoms with van der Waals surface area (Å²) in [7, 11) is 0. The molecule has 4 N–H and O–H groups in total. The zero-order valence-electron chi connectivity index (χ0n) is 10.4. The van der Waals surface area contributed by atoms with Gasteiger partial charge in [-0.05, 0) is 0 Å². The Morgan fingerprint density at radius 1 is 1.48 bits per heavy atom. The number of nitrogens with one attached hydrogen (secondary N) is 1. The molecule has 2 aliphatic rings. The number of carbonyl (C=O) groups is 2. The fourth-order valence-corrected chi connectivity index (χ4v) is 2.57. The van der Waals surface area contributed by atoms with Crippen LogP contribution in [0.1, 0.15) is 0 Å². The molecule has 6 atom stereocenters. The average Bonchev–Trinajstić information content (AvgIpc) is 2.64. The predicted molar refractivity (Wildman–Crippen MR) is 68.7 cm³/mol. The molecule has 1 fully saturated rings. The molecule has 118 valence electrons. The van der Waals surface area contributed by atoms with Crippen LogP contribution < -0.4 is 10.2 Å². The van der Waals surface area contributed by atoms with Gasteiger partial charge in [-0.1, -0.05) is 11.8 Å². The van der Waals surface area contributed by atoms with E-state index in [1.165, 1.54) is 0 Å². The van der Waals surface area contributed by atoms with Gasteiger partial charge in [0.15, 0.2) is 0 Å². The summed E-state index contributed by atoms with van der Waals surface area (Å²) in [5, 5.41) is 21.6. The number of amides is 3. The number of aliphatic imine (C=N–C) groups is 1. The van der Waals surface area contributed by atoms with E-state index in [0.717, 1.165) is 6.21 Å². The van der Waals surface area contributed by atoms with Crippen molar-refractivity contribution in [3.63, 3.8) is 0 Å². The van der Waals surface area contributed by atoms with Crippen molar-refractivity contribution in [1.82, 2.24) is 5.32 Å². The molecule has 0 bridgehead atoms. The van der Waals surface area contributed by atoms with Gasteiger partial charge in [0.1, 0.15) is 37.1 Å². The summed E-state index contributed by atoms with van der Waals surface area (Å²) >= 11 is 4.14. The van der Waals surface area contributed by atoms with Crippen molar-refractivity contribution in [3.8, 4) is 0 Å². The summed E-state index contributed by atoms with van der Waals surface area (Å²) in [5.41, 5.74) is 0. The number of hydrogen-bond donors (Lipinski definition) is 4. The van der Waals surface area contributed by atoms with Gasteiger partial charge in [0.2, 0.25) is 5.91 Å². The van der Waals surface area contributed by atoms with Crippen molar-refractivity contribution in [2.24, 2.45) is 10.9 Å². The van der Waals surface area contributed by atoms with Gasteiger partial charge < -0.3 is 29.3 Å². The fourth-order valence-electron chi connectivity index (χ4n) is 2.05. The van der Waals surface area contributed by atoms with Crippen LogP contribution in [0.2, 0.25) is 0 Å². The topological polar surface area (TPSA) is 161 Å². The Balaban J connectivity index is 2.06. The van der Waals surface area contributed by atoms with E-state index in [0.29, 0.717) is 0 Å². The van der Waals surface area contributed by atoms with Crippen LogP contribution in [0.25, 0.3) is 0 Å². The largest absolute Gasteiger partial charge is 0.780 e. The fraction of sp³-hybridized carbons (Fsp3) is 0.667. The molecule has 0 saturated carbocycles.